The van der Waals surface area contributed by atoms with E-state index in [0.29, 0.717) is 6.42 Å². The third kappa shape index (κ3) is 2.70. The summed E-state index contributed by atoms with van der Waals surface area (Å²) in [5.74, 6) is 0.286. The highest BCUT2D eigenvalue weighted by molar-refractivity contribution is 7.16. The van der Waals surface area contributed by atoms with Crippen LogP contribution >= 0.6 is 22.9 Å². The molecule has 0 saturated heterocycles. The van der Waals surface area contributed by atoms with E-state index < -0.39 is 0 Å². The molecule has 106 valence electrons. The molecule has 0 bridgehead atoms. The first-order chi connectivity index (χ1) is 9.44. The number of halogens is 1. The average molecular weight is 308 g/mol. The number of carbonyl (C=O) groups is 1. The first-order valence-electron chi connectivity index (χ1n) is 6.90. The Morgan fingerprint density at radius 2 is 2.10 bits per heavy atom. The van der Waals surface area contributed by atoms with Gasteiger partial charge in [-0.05, 0) is 36.5 Å². The van der Waals surface area contributed by atoms with Crippen molar-refractivity contribution in [3.05, 3.63) is 44.9 Å². The third-order valence-corrected chi connectivity index (χ3v) is 5.18. The molecular weight excluding hydrogens is 290 g/mol. The number of nitrogens with zero attached hydrogens (tertiary/aromatic N) is 1. The zero-order valence-corrected chi connectivity index (χ0v) is 13.4. The number of thiophene rings is 1. The largest absolute Gasteiger partial charge is 0.350 e. The van der Waals surface area contributed by atoms with Crippen molar-refractivity contribution in [3.8, 4) is 0 Å². The van der Waals surface area contributed by atoms with E-state index in [9.17, 15) is 4.79 Å². The minimum atomic E-state index is 0.0758. The van der Waals surface area contributed by atoms with Gasteiger partial charge < -0.3 is 4.57 Å². The van der Waals surface area contributed by atoms with Gasteiger partial charge in [-0.1, -0.05) is 25.4 Å². The van der Waals surface area contributed by atoms with Crippen molar-refractivity contribution in [2.45, 2.75) is 39.7 Å². The van der Waals surface area contributed by atoms with Crippen molar-refractivity contribution in [1.82, 2.24) is 4.57 Å². The van der Waals surface area contributed by atoms with Gasteiger partial charge in [0.25, 0.3) is 0 Å². The third-order valence-electron chi connectivity index (χ3n) is 3.89. The molecule has 0 fully saturated rings. The van der Waals surface area contributed by atoms with Gasteiger partial charge in [0.05, 0.1) is 4.34 Å². The summed E-state index contributed by atoms with van der Waals surface area (Å²) in [6.45, 7) is 5.25. The van der Waals surface area contributed by atoms with Crippen molar-refractivity contribution in [2.24, 2.45) is 5.41 Å². The maximum atomic E-state index is 12.2. The lowest BCUT2D eigenvalue weighted by molar-refractivity contribution is 0.0910. The molecule has 0 atom stereocenters. The molecule has 2 aromatic rings. The van der Waals surface area contributed by atoms with Gasteiger partial charge in [0.2, 0.25) is 0 Å². The van der Waals surface area contributed by atoms with Gasteiger partial charge in [-0.3, -0.25) is 4.79 Å². The van der Waals surface area contributed by atoms with Crippen LogP contribution in [0, 0.1) is 5.41 Å². The van der Waals surface area contributed by atoms with Gasteiger partial charge >= 0.3 is 0 Å². The molecule has 2 nitrogen and oxygen atoms in total. The maximum absolute atomic E-state index is 12.2. The van der Waals surface area contributed by atoms with Crippen molar-refractivity contribution >= 4 is 28.7 Å². The summed E-state index contributed by atoms with van der Waals surface area (Å²) in [6.07, 6.45) is 4.66. The molecule has 0 spiro atoms. The molecule has 1 aliphatic rings. The molecule has 2 aromatic heterocycles. The van der Waals surface area contributed by atoms with Crippen LogP contribution in [0.4, 0.5) is 0 Å². The van der Waals surface area contributed by atoms with E-state index in [1.807, 2.05) is 12.1 Å². The van der Waals surface area contributed by atoms with Crippen LogP contribution in [0.2, 0.25) is 4.34 Å². The number of carbonyl (C=O) groups excluding carboxylic acids is 1. The number of hydrogen-bond donors (Lipinski definition) is 0. The summed E-state index contributed by atoms with van der Waals surface area (Å²) in [5.41, 5.74) is 2.20. The van der Waals surface area contributed by atoms with E-state index in [1.54, 1.807) is 11.3 Å². The topological polar surface area (TPSA) is 22.0 Å². The Bertz CT molecular complexity index is 653. The van der Waals surface area contributed by atoms with Crippen LogP contribution < -0.4 is 0 Å². The fourth-order valence-electron chi connectivity index (χ4n) is 2.93. The normalized spacial score (nSPS) is 17.2. The van der Waals surface area contributed by atoms with Crippen LogP contribution in [0.1, 0.15) is 41.2 Å². The second-order valence-electron chi connectivity index (χ2n) is 6.27. The monoisotopic (exact) mass is 307 g/mol. The smallest absolute Gasteiger partial charge is 0.165 e. The minimum absolute atomic E-state index is 0.0758. The van der Waals surface area contributed by atoms with Gasteiger partial charge in [0.15, 0.2) is 5.78 Å². The SMILES string of the molecule is CC1(C)CC(=O)c2ccn(CCc3ccc(Cl)s3)c2C1. The molecule has 4 heteroatoms. The van der Waals surface area contributed by atoms with E-state index in [0.717, 1.165) is 29.3 Å². The molecule has 0 unspecified atom stereocenters. The molecule has 20 heavy (non-hydrogen) atoms. The Morgan fingerprint density at radius 3 is 2.80 bits per heavy atom. The Balaban J connectivity index is 1.80. The van der Waals surface area contributed by atoms with Crippen LogP contribution in [-0.2, 0) is 19.4 Å². The summed E-state index contributed by atoms with van der Waals surface area (Å²) in [4.78, 5) is 13.5. The van der Waals surface area contributed by atoms with Crippen LogP contribution in [0.25, 0.3) is 0 Å². The molecular formula is C16H18ClNOS. The van der Waals surface area contributed by atoms with Crippen LogP contribution in [0.5, 0.6) is 0 Å². The molecule has 0 amide bonds. The van der Waals surface area contributed by atoms with Crippen LogP contribution in [0.3, 0.4) is 0 Å². The first kappa shape index (κ1) is 13.9. The second kappa shape index (κ2) is 5.05. The molecule has 0 radical (unpaired) electrons. The van der Waals surface area contributed by atoms with Crippen LogP contribution in [0.15, 0.2) is 24.4 Å². The minimum Gasteiger partial charge on any atom is -0.350 e. The average Bonchev–Trinajstić information content (AvgIpc) is 2.92. The fourth-order valence-corrected chi connectivity index (χ4v) is 4.00. The highest BCUT2D eigenvalue weighted by Gasteiger charge is 2.32. The Morgan fingerprint density at radius 1 is 1.30 bits per heavy atom. The lowest BCUT2D eigenvalue weighted by atomic mass is 9.76. The highest BCUT2D eigenvalue weighted by atomic mass is 35.5. The Hall–Kier alpha value is -1.06. The maximum Gasteiger partial charge on any atom is 0.165 e. The quantitative estimate of drug-likeness (QED) is 0.812. The number of aryl methyl sites for hydroxylation is 2. The lowest BCUT2D eigenvalue weighted by Crippen LogP contribution is -2.28. The van der Waals surface area contributed by atoms with Gasteiger partial charge in [-0.25, -0.2) is 0 Å². The molecule has 0 aromatic carbocycles. The number of fused-ring (bicyclic) bond motifs is 1. The number of ketones is 1. The summed E-state index contributed by atoms with van der Waals surface area (Å²) < 4.78 is 3.08. The zero-order chi connectivity index (χ0) is 14.3. The summed E-state index contributed by atoms with van der Waals surface area (Å²) >= 11 is 7.59. The fraction of sp³-hybridized carbons (Fsp3) is 0.438. The molecule has 0 saturated carbocycles. The van der Waals surface area contributed by atoms with Crippen LogP contribution in [-0.4, -0.2) is 10.4 Å². The summed E-state index contributed by atoms with van der Waals surface area (Å²) in [7, 11) is 0. The van der Waals surface area contributed by atoms with E-state index in [4.69, 9.17) is 11.6 Å². The standard InChI is InChI=1S/C16H18ClNOS/c1-16(2)9-13-12(14(19)10-16)6-8-18(13)7-5-11-3-4-15(17)20-11/h3-4,6,8H,5,7,9-10H2,1-2H3. The number of rotatable bonds is 3. The van der Waals surface area contributed by atoms with E-state index in [2.05, 4.69) is 30.7 Å². The van der Waals surface area contributed by atoms with E-state index in [-0.39, 0.29) is 11.2 Å². The van der Waals surface area contributed by atoms with Crippen molar-refractivity contribution in [1.29, 1.82) is 0 Å². The van der Waals surface area contributed by atoms with Gasteiger partial charge in [-0.2, -0.15) is 0 Å². The molecule has 0 N–H and O–H groups in total. The zero-order valence-electron chi connectivity index (χ0n) is 11.8. The molecule has 2 heterocycles. The molecule has 0 aliphatic heterocycles. The number of hydrogen-bond acceptors (Lipinski definition) is 2. The van der Waals surface area contributed by atoms with Gasteiger partial charge in [0.1, 0.15) is 0 Å². The van der Waals surface area contributed by atoms with Gasteiger partial charge in [0, 0.05) is 35.3 Å². The Kier molecular flexibility index (Phi) is 3.51. The summed E-state index contributed by atoms with van der Waals surface area (Å²) in [5, 5.41) is 0. The second-order valence-corrected chi connectivity index (χ2v) is 8.07. The number of Topliss-reactive ketones (excluding diaryl/α,β-unsaturated/α-hetero) is 1. The predicted octanol–water partition coefficient (Wildman–Crippen LogP) is 4.60. The van der Waals surface area contributed by atoms with Gasteiger partial charge in [-0.15, -0.1) is 11.3 Å². The Labute approximate surface area is 128 Å². The van der Waals surface area contributed by atoms with Crippen molar-refractivity contribution in [3.63, 3.8) is 0 Å². The highest BCUT2D eigenvalue weighted by Crippen LogP contribution is 2.35. The number of aromatic nitrogens is 1. The van der Waals surface area contributed by atoms with Crippen molar-refractivity contribution in [2.75, 3.05) is 0 Å². The van der Waals surface area contributed by atoms with E-state index in [1.165, 1.54) is 10.6 Å². The van der Waals surface area contributed by atoms with E-state index >= 15 is 0 Å². The summed E-state index contributed by atoms with van der Waals surface area (Å²) in [6, 6.07) is 6.01. The molecule has 3 rings (SSSR count). The first-order valence-corrected chi connectivity index (χ1v) is 8.09. The predicted molar refractivity (Wildman–Crippen MR) is 83.9 cm³/mol. The van der Waals surface area contributed by atoms with Crippen molar-refractivity contribution < 1.29 is 4.79 Å². The molecule has 1 aliphatic carbocycles. The lowest BCUT2D eigenvalue weighted by Gasteiger charge is -2.29.